The molecule has 1 aromatic rings. The van der Waals surface area contributed by atoms with Gasteiger partial charge in [0.25, 0.3) is 0 Å². The Morgan fingerprint density at radius 2 is 1.70 bits per heavy atom. The van der Waals surface area contributed by atoms with Gasteiger partial charge in [-0.15, -0.1) is 5.10 Å². The lowest BCUT2D eigenvalue weighted by molar-refractivity contribution is -0.138. The van der Waals surface area contributed by atoms with Crippen LogP contribution in [0.25, 0.3) is 0 Å². The first-order valence-corrected chi connectivity index (χ1v) is 10.8. The summed E-state index contributed by atoms with van der Waals surface area (Å²) in [7, 11) is 0. The average molecular weight is 372 g/mol. The summed E-state index contributed by atoms with van der Waals surface area (Å²) in [5.41, 5.74) is 0.930. The number of piperazine rings is 1. The van der Waals surface area contributed by atoms with E-state index in [-0.39, 0.29) is 5.92 Å². The number of amides is 1. The molecule has 0 aromatic carbocycles. The van der Waals surface area contributed by atoms with Crippen LogP contribution in [-0.2, 0) is 4.79 Å². The molecule has 1 unspecified atom stereocenters. The predicted octanol–water partition coefficient (Wildman–Crippen LogP) is 2.48. The lowest BCUT2D eigenvalue weighted by Gasteiger charge is -2.42. The van der Waals surface area contributed by atoms with Crippen molar-refractivity contribution in [3.63, 3.8) is 0 Å². The van der Waals surface area contributed by atoms with Crippen LogP contribution in [0.3, 0.4) is 0 Å². The molecule has 27 heavy (non-hydrogen) atoms. The van der Waals surface area contributed by atoms with Crippen molar-refractivity contribution in [1.29, 1.82) is 0 Å². The first-order valence-electron chi connectivity index (χ1n) is 10.8. The molecule has 1 aromatic heterocycles. The van der Waals surface area contributed by atoms with Gasteiger partial charge in [-0.2, -0.15) is 5.10 Å². The highest BCUT2D eigenvalue weighted by Crippen LogP contribution is 2.26. The minimum Gasteiger partial charge on any atom is -0.354 e. The van der Waals surface area contributed by atoms with Crippen LogP contribution in [-0.4, -0.2) is 71.2 Å². The molecule has 2 saturated heterocycles. The van der Waals surface area contributed by atoms with Crippen molar-refractivity contribution in [2.24, 2.45) is 5.92 Å². The normalized spacial score (nSPS) is 25.6. The molecule has 1 amide bonds. The van der Waals surface area contributed by atoms with Crippen LogP contribution in [0.5, 0.6) is 0 Å². The van der Waals surface area contributed by atoms with Crippen molar-refractivity contribution in [1.82, 2.24) is 20.0 Å². The Bertz CT molecular complexity index is 620. The van der Waals surface area contributed by atoms with Gasteiger partial charge in [-0.3, -0.25) is 9.69 Å². The van der Waals surface area contributed by atoms with Crippen LogP contribution in [0.1, 0.15) is 50.6 Å². The Morgan fingerprint density at radius 3 is 2.41 bits per heavy atom. The first kappa shape index (κ1) is 18.7. The largest absolute Gasteiger partial charge is 0.354 e. The number of hydrogen-bond acceptors (Lipinski definition) is 5. The van der Waals surface area contributed by atoms with E-state index in [1.807, 2.05) is 19.1 Å². The summed E-state index contributed by atoms with van der Waals surface area (Å²) in [6.45, 7) is 7.60. The summed E-state index contributed by atoms with van der Waals surface area (Å²) >= 11 is 0. The van der Waals surface area contributed by atoms with E-state index in [1.54, 1.807) is 0 Å². The molecule has 3 aliphatic rings. The predicted molar refractivity (Wildman–Crippen MR) is 107 cm³/mol. The maximum atomic E-state index is 13.1. The Hall–Kier alpha value is -1.69. The Morgan fingerprint density at radius 1 is 0.926 bits per heavy atom. The molecule has 1 aliphatic carbocycles. The highest BCUT2D eigenvalue weighted by atomic mass is 16.2. The number of nitrogens with zero attached hydrogens (tertiary/aromatic N) is 5. The van der Waals surface area contributed by atoms with E-state index in [1.165, 1.54) is 32.1 Å². The van der Waals surface area contributed by atoms with E-state index >= 15 is 0 Å². The molecule has 0 spiro atoms. The van der Waals surface area contributed by atoms with E-state index in [0.717, 1.165) is 69.7 Å². The summed E-state index contributed by atoms with van der Waals surface area (Å²) in [6, 6.07) is 4.79. The van der Waals surface area contributed by atoms with Crippen molar-refractivity contribution < 1.29 is 4.79 Å². The maximum absolute atomic E-state index is 13.1. The number of hydrogen-bond donors (Lipinski definition) is 0. The summed E-state index contributed by atoms with van der Waals surface area (Å²) in [5.74, 6) is 1.35. The highest BCUT2D eigenvalue weighted by Gasteiger charge is 2.33. The SMILES string of the molecule is Cc1ccc(N2CCCC(C(=O)N3CCN(C4CCCCC4)CC3)C2)nn1. The quantitative estimate of drug-likeness (QED) is 0.817. The molecule has 0 bridgehead atoms. The Balaban J connectivity index is 1.30. The zero-order chi connectivity index (χ0) is 18.6. The number of rotatable bonds is 3. The summed E-state index contributed by atoms with van der Waals surface area (Å²) in [5, 5.41) is 8.49. The molecule has 0 radical (unpaired) electrons. The van der Waals surface area contributed by atoms with Gasteiger partial charge in [-0.05, 0) is 44.7 Å². The molecule has 148 valence electrons. The number of carbonyl (C=O) groups is 1. The molecule has 6 heteroatoms. The van der Waals surface area contributed by atoms with Gasteiger partial charge in [0.1, 0.15) is 0 Å². The molecule has 0 N–H and O–H groups in total. The lowest BCUT2D eigenvalue weighted by atomic mass is 9.93. The first-order chi connectivity index (χ1) is 13.2. The van der Waals surface area contributed by atoms with Gasteiger partial charge in [0, 0.05) is 45.3 Å². The van der Waals surface area contributed by atoms with Crippen molar-refractivity contribution in [2.45, 2.75) is 57.9 Å². The third kappa shape index (κ3) is 4.42. The molecular weight excluding hydrogens is 338 g/mol. The zero-order valence-electron chi connectivity index (χ0n) is 16.6. The van der Waals surface area contributed by atoms with Crippen molar-refractivity contribution in [3.8, 4) is 0 Å². The monoisotopic (exact) mass is 371 g/mol. The molecule has 3 heterocycles. The smallest absolute Gasteiger partial charge is 0.227 e. The minimum absolute atomic E-state index is 0.100. The highest BCUT2D eigenvalue weighted by molar-refractivity contribution is 5.80. The van der Waals surface area contributed by atoms with E-state index < -0.39 is 0 Å². The van der Waals surface area contributed by atoms with Gasteiger partial charge in [0.05, 0.1) is 11.6 Å². The van der Waals surface area contributed by atoms with Crippen LogP contribution >= 0.6 is 0 Å². The second-order valence-corrected chi connectivity index (χ2v) is 8.47. The Kier molecular flexibility index (Phi) is 5.91. The molecule has 4 rings (SSSR count). The van der Waals surface area contributed by atoms with E-state index in [4.69, 9.17) is 0 Å². The fourth-order valence-electron chi connectivity index (χ4n) is 4.96. The van der Waals surface area contributed by atoms with Crippen molar-refractivity contribution in [3.05, 3.63) is 17.8 Å². The number of aryl methyl sites for hydroxylation is 1. The average Bonchev–Trinajstić information content (AvgIpc) is 2.75. The molecular formula is C21H33N5O. The van der Waals surface area contributed by atoms with E-state index in [9.17, 15) is 4.79 Å². The van der Waals surface area contributed by atoms with Crippen LogP contribution < -0.4 is 4.90 Å². The topological polar surface area (TPSA) is 52.6 Å². The second kappa shape index (κ2) is 8.55. The molecule has 6 nitrogen and oxygen atoms in total. The van der Waals surface area contributed by atoms with E-state index in [0.29, 0.717) is 5.91 Å². The summed E-state index contributed by atoms with van der Waals surface area (Å²) in [6.07, 6.45) is 8.91. The Labute approximate surface area is 162 Å². The number of anilines is 1. The fraction of sp³-hybridized carbons (Fsp3) is 0.762. The van der Waals surface area contributed by atoms with Gasteiger partial charge in [0.15, 0.2) is 5.82 Å². The van der Waals surface area contributed by atoms with Gasteiger partial charge in [0.2, 0.25) is 5.91 Å². The standard InChI is InChI=1S/C21H33N5O/c1-17-9-10-20(23-22-17)26-11-5-6-18(16-26)21(27)25-14-12-24(13-15-25)19-7-3-2-4-8-19/h9-10,18-19H,2-8,11-16H2,1H3. The number of carbonyl (C=O) groups excluding carboxylic acids is 1. The number of aromatic nitrogens is 2. The van der Waals surface area contributed by atoms with Crippen LogP contribution in [0.4, 0.5) is 5.82 Å². The van der Waals surface area contributed by atoms with Crippen LogP contribution in [0.2, 0.25) is 0 Å². The lowest BCUT2D eigenvalue weighted by Crippen LogP contribution is -2.54. The minimum atomic E-state index is 0.100. The second-order valence-electron chi connectivity index (χ2n) is 8.47. The van der Waals surface area contributed by atoms with Crippen molar-refractivity contribution >= 4 is 11.7 Å². The molecule has 1 saturated carbocycles. The van der Waals surface area contributed by atoms with Gasteiger partial charge >= 0.3 is 0 Å². The summed E-state index contributed by atoms with van der Waals surface area (Å²) < 4.78 is 0. The molecule has 2 aliphatic heterocycles. The third-order valence-corrected chi connectivity index (χ3v) is 6.60. The van der Waals surface area contributed by atoms with Crippen LogP contribution in [0, 0.1) is 12.8 Å². The van der Waals surface area contributed by atoms with Gasteiger partial charge < -0.3 is 9.80 Å². The third-order valence-electron chi connectivity index (χ3n) is 6.60. The van der Waals surface area contributed by atoms with Gasteiger partial charge in [-0.1, -0.05) is 19.3 Å². The molecule has 1 atom stereocenters. The number of piperidine rings is 1. The molecule has 3 fully saturated rings. The maximum Gasteiger partial charge on any atom is 0.227 e. The van der Waals surface area contributed by atoms with E-state index in [2.05, 4.69) is 24.9 Å². The fourth-order valence-corrected chi connectivity index (χ4v) is 4.96. The zero-order valence-corrected chi connectivity index (χ0v) is 16.6. The van der Waals surface area contributed by atoms with Crippen LogP contribution in [0.15, 0.2) is 12.1 Å². The van der Waals surface area contributed by atoms with Crippen molar-refractivity contribution in [2.75, 3.05) is 44.2 Å². The summed E-state index contributed by atoms with van der Waals surface area (Å²) in [4.78, 5) is 20.1. The van der Waals surface area contributed by atoms with Gasteiger partial charge in [-0.25, -0.2) is 0 Å².